The zero-order chi connectivity index (χ0) is 14.7. The number of nitrogens with zero attached hydrogens (tertiary/aromatic N) is 2. The third-order valence-electron chi connectivity index (χ3n) is 4.44. The van der Waals surface area contributed by atoms with Gasteiger partial charge in [0.1, 0.15) is 0 Å². The summed E-state index contributed by atoms with van der Waals surface area (Å²) in [6.45, 7) is 4.96. The molecule has 3 aliphatic rings. The van der Waals surface area contributed by atoms with Gasteiger partial charge in [0.05, 0.1) is 31.2 Å². The summed E-state index contributed by atoms with van der Waals surface area (Å²) in [5.74, 6) is 0.846. The molecule has 0 radical (unpaired) electrons. The molecule has 0 aromatic rings. The number of hydrogen-bond acceptors (Lipinski definition) is 4. The smallest absolute Gasteiger partial charge is 0.252 e. The fourth-order valence-corrected chi connectivity index (χ4v) is 3.00. The molecule has 21 heavy (non-hydrogen) atoms. The number of rotatable bonds is 5. The molecule has 2 heterocycles. The summed E-state index contributed by atoms with van der Waals surface area (Å²) in [5, 5.41) is 0. The summed E-state index contributed by atoms with van der Waals surface area (Å²) in [7, 11) is 2.11. The molecule has 0 unspecified atom stereocenters. The first kappa shape index (κ1) is 14.9. The number of likely N-dealkylation sites (N-methyl/N-ethyl adjacent to an activating group) is 1. The highest BCUT2D eigenvalue weighted by Crippen LogP contribution is 2.30. The maximum atomic E-state index is 12.7. The Kier molecular flexibility index (Phi) is 4.80. The molecule has 1 amide bonds. The first-order valence-electron chi connectivity index (χ1n) is 8.12. The van der Waals surface area contributed by atoms with Crippen LogP contribution in [0.25, 0.3) is 0 Å². The minimum atomic E-state index is 0.136. The van der Waals surface area contributed by atoms with Crippen molar-refractivity contribution >= 4 is 5.91 Å². The van der Waals surface area contributed by atoms with E-state index >= 15 is 0 Å². The van der Waals surface area contributed by atoms with Crippen LogP contribution >= 0.6 is 0 Å². The molecule has 1 saturated heterocycles. The first-order chi connectivity index (χ1) is 10.2. The highest BCUT2D eigenvalue weighted by Gasteiger charge is 2.31. The Morgan fingerprint density at radius 3 is 2.90 bits per heavy atom. The van der Waals surface area contributed by atoms with Crippen molar-refractivity contribution in [3.63, 3.8) is 0 Å². The minimum absolute atomic E-state index is 0.136. The molecule has 2 fully saturated rings. The highest BCUT2D eigenvalue weighted by atomic mass is 16.5. The van der Waals surface area contributed by atoms with Crippen molar-refractivity contribution in [3.8, 4) is 0 Å². The molecule has 118 valence electrons. The van der Waals surface area contributed by atoms with Gasteiger partial charge < -0.3 is 19.3 Å². The molecule has 3 rings (SSSR count). The van der Waals surface area contributed by atoms with Gasteiger partial charge in [0, 0.05) is 26.2 Å². The van der Waals surface area contributed by atoms with E-state index < -0.39 is 0 Å². The van der Waals surface area contributed by atoms with E-state index in [0.717, 1.165) is 51.3 Å². The van der Waals surface area contributed by atoms with Crippen molar-refractivity contribution in [2.75, 3.05) is 46.4 Å². The lowest BCUT2D eigenvalue weighted by Crippen LogP contribution is -2.48. The summed E-state index contributed by atoms with van der Waals surface area (Å²) in [6, 6.07) is 0. The second-order valence-electron chi connectivity index (χ2n) is 6.53. The molecule has 0 aromatic heterocycles. The van der Waals surface area contributed by atoms with Gasteiger partial charge in [-0.25, -0.2) is 0 Å². The van der Waals surface area contributed by atoms with Gasteiger partial charge in [-0.15, -0.1) is 0 Å². The van der Waals surface area contributed by atoms with E-state index in [2.05, 4.69) is 11.9 Å². The second-order valence-corrected chi connectivity index (χ2v) is 6.53. The van der Waals surface area contributed by atoms with E-state index in [0.29, 0.717) is 12.5 Å². The van der Waals surface area contributed by atoms with Crippen molar-refractivity contribution < 1.29 is 14.3 Å². The van der Waals surface area contributed by atoms with Gasteiger partial charge >= 0.3 is 0 Å². The molecular formula is C16H26N2O3. The zero-order valence-electron chi connectivity index (χ0n) is 12.9. The third kappa shape index (κ3) is 4.20. The maximum Gasteiger partial charge on any atom is 0.252 e. The van der Waals surface area contributed by atoms with Crippen LogP contribution in [0.1, 0.15) is 25.7 Å². The SMILES string of the molecule is CN1CCO[C@@H](CN(CC2CC2)C(=O)C2=COCCC2)C1. The Hall–Kier alpha value is -1.07. The molecule has 1 saturated carbocycles. The van der Waals surface area contributed by atoms with Crippen molar-refractivity contribution in [1.82, 2.24) is 9.80 Å². The highest BCUT2D eigenvalue weighted by molar-refractivity contribution is 5.93. The van der Waals surface area contributed by atoms with Crippen LogP contribution in [0.5, 0.6) is 0 Å². The normalized spacial score (nSPS) is 26.9. The molecular weight excluding hydrogens is 268 g/mol. The van der Waals surface area contributed by atoms with E-state index in [1.54, 1.807) is 6.26 Å². The summed E-state index contributed by atoms with van der Waals surface area (Å²) >= 11 is 0. The van der Waals surface area contributed by atoms with Crippen LogP contribution in [0.4, 0.5) is 0 Å². The number of hydrogen-bond donors (Lipinski definition) is 0. The molecule has 0 N–H and O–H groups in total. The van der Waals surface area contributed by atoms with E-state index in [1.807, 2.05) is 4.90 Å². The van der Waals surface area contributed by atoms with Crippen molar-refractivity contribution in [1.29, 1.82) is 0 Å². The monoisotopic (exact) mass is 294 g/mol. The van der Waals surface area contributed by atoms with Gasteiger partial charge in [-0.1, -0.05) is 0 Å². The maximum absolute atomic E-state index is 12.7. The summed E-state index contributed by atoms with van der Waals surface area (Å²) in [5.41, 5.74) is 0.825. The number of amides is 1. The molecule has 1 aliphatic carbocycles. The fourth-order valence-electron chi connectivity index (χ4n) is 3.00. The van der Waals surface area contributed by atoms with Crippen molar-refractivity contribution in [3.05, 3.63) is 11.8 Å². The van der Waals surface area contributed by atoms with Crippen LogP contribution < -0.4 is 0 Å². The standard InChI is InChI=1S/C16H26N2O3/c1-17-6-8-21-15(10-17)11-18(9-13-4-5-13)16(19)14-3-2-7-20-12-14/h12-13,15H,2-11H2,1H3/t15-/m1/s1. The molecule has 5 heteroatoms. The van der Waals surface area contributed by atoms with E-state index in [-0.39, 0.29) is 12.0 Å². The molecule has 2 aliphatic heterocycles. The number of ether oxygens (including phenoxy) is 2. The van der Waals surface area contributed by atoms with Crippen LogP contribution in [-0.2, 0) is 14.3 Å². The Labute approximate surface area is 126 Å². The molecule has 0 aromatic carbocycles. The zero-order valence-corrected chi connectivity index (χ0v) is 12.9. The van der Waals surface area contributed by atoms with Crippen LogP contribution in [-0.4, -0.2) is 68.3 Å². The van der Waals surface area contributed by atoms with Gasteiger partial charge in [-0.2, -0.15) is 0 Å². The lowest BCUT2D eigenvalue weighted by Gasteiger charge is -2.34. The van der Waals surface area contributed by atoms with Crippen molar-refractivity contribution in [2.24, 2.45) is 5.92 Å². The second kappa shape index (κ2) is 6.79. The Bertz CT molecular complexity index is 406. The largest absolute Gasteiger partial charge is 0.501 e. The predicted molar refractivity (Wildman–Crippen MR) is 79.8 cm³/mol. The Morgan fingerprint density at radius 2 is 2.24 bits per heavy atom. The Balaban J connectivity index is 1.62. The van der Waals surface area contributed by atoms with Crippen LogP contribution in [0, 0.1) is 5.92 Å². The summed E-state index contributed by atoms with van der Waals surface area (Å²) in [6.07, 6.45) is 6.09. The topological polar surface area (TPSA) is 42.0 Å². The minimum Gasteiger partial charge on any atom is -0.501 e. The van der Waals surface area contributed by atoms with Gasteiger partial charge in [-0.05, 0) is 38.6 Å². The quantitative estimate of drug-likeness (QED) is 0.765. The molecule has 0 spiro atoms. The average molecular weight is 294 g/mol. The third-order valence-corrected chi connectivity index (χ3v) is 4.44. The fraction of sp³-hybridized carbons (Fsp3) is 0.812. The van der Waals surface area contributed by atoms with Gasteiger partial charge in [-0.3, -0.25) is 4.79 Å². The van der Waals surface area contributed by atoms with Crippen LogP contribution in [0.2, 0.25) is 0 Å². The van der Waals surface area contributed by atoms with Crippen LogP contribution in [0.15, 0.2) is 11.8 Å². The average Bonchev–Trinajstić information content (AvgIpc) is 3.31. The predicted octanol–water partition coefficient (Wildman–Crippen LogP) is 1.25. The van der Waals surface area contributed by atoms with Crippen LogP contribution in [0.3, 0.4) is 0 Å². The van der Waals surface area contributed by atoms with Gasteiger partial charge in [0.2, 0.25) is 0 Å². The van der Waals surface area contributed by atoms with Gasteiger partial charge in [0.15, 0.2) is 0 Å². The number of morpholine rings is 1. The van der Waals surface area contributed by atoms with E-state index in [9.17, 15) is 4.79 Å². The number of carbonyl (C=O) groups excluding carboxylic acids is 1. The van der Waals surface area contributed by atoms with E-state index in [4.69, 9.17) is 9.47 Å². The summed E-state index contributed by atoms with van der Waals surface area (Å²) < 4.78 is 11.2. The molecule has 0 bridgehead atoms. The van der Waals surface area contributed by atoms with E-state index in [1.165, 1.54) is 12.8 Å². The lowest BCUT2D eigenvalue weighted by atomic mass is 10.1. The molecule has 5 nitrogen and oxygen atoms in total. The first-order valence-corrected chi connectivity index (χ1v) is 8.12. The number of carbonyl (C=O) groups is 1. The summed E-state index contributed by atoms with van der Waals surface area (Å²) in [4.78, 5) is 17.0. The Morgan fingerprint density at radius 1 is 1.38 bits per heavy atom. The molecule has 1 atom stereocenters. The van der Waals surface area contributed by atoms with Gasteiger partial charge in [0.25, 0.3) is 5.91 Å². The van der Waals surface area contributed by atoms with Crippen molar-refractivity contribution in [2.45, 2.75) is 31.8 Å². The lowest BCUT2D eigenvalue weighted by molar-refractivity contribution is -0.131.